The minimum atomic E-state index is 0.577. The SMILES string of the molecule is Cc1cccnc1NC(=S)N[C@H]1C[C@H]2CC[C@H]1C2. The lowest BCUT2D eigenvalue weighted by Crippen LogP contribution is -2.41. The van der Waals surface area contributed by atoms with Crippen molar-refractivity contribution in [3.05, 3.63) is 23.9 Å². The van der Waals surface area contributed by atoms with Crippen LogP contribution in [0.4, 0.5) is 5.82 Å². The van der Waals surface area contributed by atoms with Crippen molar-refractivity contribution in [1.29, 1.82) is 0 Å². The van der Waals surface area contributed by atoms with E-state index in [1.807, 2.05) is 19.1 Å². The number of nitrogens with one attached hydrogen (secondary N) is 2. The van der Waals surface area contributed by atoms with E-state index in [9.17, 15) is 0 Å². The van der Waals surface area contributed by atoms with Gasteiger partial charge >= 0.3 is 0 Å². The maximum atomic E-state index is 5.39. The number of aryl methyl sites for hydroxylation is 1. The van der Waals surface area contributed by atoms with E-state index in [0.717, 1.165) is 23.2 Å². The maximum absolute atomic E-state index is 5.39. The van der Waals surface area contributed by atoms with E-state index in [4.69, 9.17) is 12.2 Å². The summed E-state index contributed by atoms with van der Waals surface area (Å²) in [6.45, 7) is 2.04. The fourth-order valence-corrected chi connectivity index (χ4v) is 3.60. The van der Waals surface area contributed by atoms with Crippen molar-refractivity contribution in [3.63, 3.8) is 0 Å². The number of thiocarbonyl (C=S) groups is 1. The summed E-state index contributed by atoms with van der Waals surface area (Å²) in [6, 6.07) is 4.55. The van der Waals surface area contributed by atoms with Crippen LogP contribution in [0.25, 0.3) is 0 Å². The zero-order valence-electron chi connectivity index (χ0n) is 10.6. The van der Waals surface area contributed by atoms with E-state index >= 15 is 0 Å². The Morgan fingerprint density at radius 1 is 1.39 bits per heavy atom. The van der Waals surface area contributed by atoms with Crippen LogP contribution in [0.2, 0.25) is 0 Å². The van der Waals surface area contributed by atoms with Crippen molar-refractivity contribution < 1.29 is 0 Å². The molecule has 3 atom stereocenters. The Morgan fingerprint density at radius 2 is 2.28 bits per heavy atom. The summed E-state index contributed by atoms with van der Waals surface area (Å²) in [5.41, 5.74) is 1.12. The van der Waals surface area contributed by atoms with Crippen molar-refractivity contribution >= 4 is 23.1 Å². The molecule has 2 N–H and O–H groups in total. The van der Waals surface area contributed by atoms with Crippen LogP contribution in [0.15, 0.2) is 18.3 Å². The number of anilines is 1. The highest BCUT2D eigenvalue weighted by atomic mass is 32.1. The molecule has 0 aromatic carbocycles. The number of nitrogens with zero attached hydrogens (tertiary/aromatic N) is 1. The molecule has 1 heterocycles. The second-order valence-corrected chi connectivity index (χ2v) is 5.96. The molecule has 96 valence electrons. The van der Waals surface area contributed by atoms with Crippen LogP contribution in [0.3, 0.4) is 0 Å². The second-order valence-electron chi connectivity index (χ2n) is 5.55. The van der Waals surface area contributed by atoms with Crippen LogP contribution < -0.4 is 10.6 Å². The average Bonchev–Trinajstić information content (AvgIpc) is 2.94. The van der Waals surface area contributed by atoms with Gasteiger partial charge in [0.1, 0.15) is 5.82 Å². The number of aromatic nitrogens is 1. The van der Waals surface area contributed by atoms with Crippen molar-refractivity contribution in [2.75, 3.05) is 5.32 Å². The molecule has 0 saturated heterocycles. The highest BCUT2D eigenvalue weighted by Crippen LogP contribution is 2.44. The van der Waals surface area contributed by atoms with Crippen LogP contribution in [0.1, 0.15) is 31.2 Å². The Bertz CT molecular complexity index is 460. The largest absolute Gasteiger partial charge is 0.359 e. The van der Waals surface area contributed by atoms with E-state index in [1.54, 1.807) is 6.20 Å². The molecule has 0 spiro atoms. The van der Waals surface area contributed by atoms with Gasteiger partial charge in [-0.05, 0) is 61.9 Å². The second kappa shape index (κ2) is 4.84. The fourth-order valence-electron chi connectivity index (χ4n) is 3.35. The van der Waals surface area contributed by atoms with E-state index in [-0.39, 0.29) is 0 Å². The lowest BCUT2D eigenvalue weighted by atomic mass is 9.96. The van der Waals surface area contributed by atoms with Crippen LogP contribution in [-0.2, 0) is 0 Å². The maximum Gasteiger partial charge on any atom is 0.172 e. The van der Waals surface area contributed by atoms with Crippen LogP contribution >= 0.6 is 12.2 Å². The third kappa shape index (κ3) is 2.34. The third-order valence-corrected chi connectivity index (χ3v) is 4.52. The summed E-state index contributed by atoms with van der Waals surface area (Å²) in [7, 11) is 0. The zero-order valence-corrected chi connectivity index (χ0v) is 11.5. The van der Waals surface area contributed by atoms with Gasteiger partial charge in [-0.2, -0.15) is 0 Å². The standard InChI is InChI=1S/C14H19N3S/c1-9-3-2-6-15-13(9)17-14(18)16-12-8-10-4-5-11(12)7-10/h2-3,6,10-12H,4-5,7-8H2,1H3,(H2,15,16,17,18)/t10-,11-,12-/m0/s1. The van der Waals surface area contributed by atoms with Gasteiger partial charge < -0.3 is 10.6 Å². The number of hydrogen-bond donors (Lipinski definition) is 2. The molecule has 1 aromatic rings. The molecular weight excluding hydrogens is 242 g/mol. The molecule has 4 heteroatoms. The Hall–Kier alpha value is -1.16. The van der Waals surface area contributed by atoms with Gasteiger partial charge in [-0.25, -0.2) is 4.98 Å². The predicted octanol–water partition coefficient (Wildman–Crippen LogP) is 2.87. The molecule has 0 aliphatic heterocycles. The van der Waals surface area contributed by atoms with Gasteiger partial charge in [-0.15, -0.1) is 0 Å². The molecule has 2 bridgehead atoms. The normalized spacial score (nSPS) is 29.3. The number of fused-ring (bicyclic) bond motifs is 2. The first-order valence-electron chi connectivity index (χ1n) is 6.71. The summed E-state index contributed by atoms with van der Waals surface area (Å²) in [4.78, 5) is 4.30. The molecule has 0 amide bonds. The van der Waals surface area contributed by atoms with Gasteiger partial charge in [0.15, 0.2) is 5.11 Å². The monoisotopic (exact) mass is 261 g/mol. The molecule has 3 rings (SSSR count). The summed E-state index contributed by atoms with van der Waals surface area (Å²) in [6.07, 6.45) is 7.25. The van der Waals surface area contributed by atoms with E-state index in [0.29, 0.717) is 11.2 Å². The molecule has 2 fully saturated rings. The number of pyridine rings is 1. The highest BCUT2D eigenvalue weighted by Gasteiger charge is 2.39. The molecule has 18 heavy (non-hydrogen) atoms. The molecule has 0 unspecified atom stereocenters. The van der Waals surface area contributed by atoms with Gasteiger partial charge in [0.25, 0.3) is 0 Å². The first kappa shape index (κ1) is 11.9. The molecule has 0 radical (unpaired) electrons. The van der Waals surface area contributed by atoms with Gasteiger partial charge in [-0.1, -0.05) is 12.5 Å². The Morgan fingerprint density at radius 3 is 2.94 bits per heavy atom. The van der Waals surface area contributed by atoms with E-state index in [2.05, 4.69) is 15.6 Å². The molecule has 2 aliphatic rings. The molecule has 1 aromatic heterocycles. The number of rotatable bonds is 2. The average molecular weight is 261 g/mol. The van der Waals surface area contributed by atoms with E-state index < -0.39 is 0 Å². The first-order chi connectivity index (χ1) is 8.72. The van der Waals surface area contributed by atoms with Gasteiger partial charge in [0.05, 0.1) is 0 Å². The number of hydrogen-bond acceptors (Lipinski definition) is 2. The topological polar surface area (TPSA) is 37.0 Å². The first-order valence-corrected chi connectivity index (χ1v) is 7.12. The van der Waals surface area contributed by atoms with Crippen LogP contribution in [-0.4, -0.2) is 16.1 Å². The van der Waals surface area contributed by atoms with Gasteiger partial charge in [-0.3, -0.25) is 0 Å². The molecule has 3 nitrogen and oxygen atoms in total. The summed E-state index contributed by atoms with van der Waals surface area (Å²) in [5, 5.41) is 7.39. The molecule has 2 aliphatic carbocycles. The zero-order chi connectivity index (χ0) is 12.5. The Labute approximate surface area is 113 Å². The summed E-state index contributed by atoms with van der Waals surface area (Å²) < 4.78 is 0. The molecule has 2 saturated carbocycles. The van der Waals surface area contributed by atoms with Crippen molar-refractivity contribution in [1.82, 2.24) is 10.3 Å². The highest BCUT2D eigenvalue weighted by molar-refractivity contribution is 7.80. The minimum absolute atomic E-state index is 0.577. The van der Waals surface area contributed by atoms with Crippen molar-refractivity contribution in [3.8, 4) is 0 Å². The smallest absolute Gasteiger partial charge is 0.172 e. The predicted molar refractivity (Wildman–Crippen MR) is 77.6 cm³/mol. The lowest BCUT2D eigenvalue weighted by Gasteiger charge is -2.24. The quantitative estimate of drug-likeness (QED) is 0.803. The molecular formula is C14H19N3S. The van der Waals surface area contributed by atoms with Crippen molar-refractivity contribution in [2.45, 2.75) is 38.6 Å². The third-order valence-electron chi connectivity index (χ3n) is 4.30. The van der Waals surface area contributed by atoms with E-state index in [1.165, 1.54) is 25.7 Å². The Balaban J connectivity index is 1.58. The van der Waals surface area contributed by atoms with Crippen molar-refractivity contribution in [2.24, 2.45) is 11.8 Å². The van der Waals surface area contributed by atoms with Gasteiger partial charge in [0, 0.05) is 12.2 Å². The fraction of sp³-hybridized carbons (Fsp3) is 0.571. The summed E-state index contributed by atoms with van der Waals surface area (Å²) >= 11 is 5.39. The Kier molecular flexibility index (Phi) is 3.20. The van der Waals surface area contributed by atoms with Crippen LogP contribution in [0, 0.1) is 18.8 Å². The minimum Gasteiger partial charge on any atom is -0.359 e. The lowest BCUT2D eigenvalue weighted by molar-refractivity contribution is 0.392. The summed E-state index contributed by atoms with van der Waals surface area (Å²) in [5.74, 6) is 2.63. The van der Waals surface area contributed by atoms with Crippen LogP contribution in [0.5, 0.6) is 0 Å². The van der Waals surface area contributed by atoms with Gasteiger partial charge in [0.2, 0.25) is 0 Å².